The first kappa shape index (κ1) is 13.6. The van der Waals surface area contributed by atoms with E-state index in [4.69, 9.17) is 0 Å². The Labute approximate surface area is 130 Å². The monoisotopic (exact) mass is 341 g/mol. The van der Waals surface area contributed by atoms with Gasteiger partial charge >= 0.3 is 0 Å². The first-order valence-electron chi connectivity index (χ1n) is 6.39. The van der Waals surface area contributed by atoms with Crippen LogP contribution >= 0.6 is 15.9 Å². The minimum atomic E-state index is -0.149. The van der Waals surface area contributed by atoms with Gasteiger partial charge in [-0.15, -0.1) is 0 Å². The molecule has 1 amide bonds. The molecule has 3 rings (SSSR count). The zero-order valence-electron chi connectivity index (χ0n) is 11.0. The number of hydrogen-bond donors (Lipinski definition) is 2. The van der Waals surface area contributed by atoms with E-state index in [1.165, 1.54) is 0 Å². The third kappa shape index (κ3) is 3.03. The second kappa shape index (κ2) is 5.93. The van der Waals surface area contributed by atoms with Crippen LogP contribution in [0.5, 0.6) is 0 Å². The second-order valence-corrected chi connectivity index (χ2v) is 5.33. The van der Waals surface area contributed by atoms with Gasteiger partial charge in [0, 0.05) is 15.7 Å². The van der Waals surface area contributed by atoms with Crippen LogP contribution in [0.3, 0.4) is 0 Å². The molecule has 5 heteroatoms. The Morgan fingerprint density at radius 2 is 2.00 bits per heavy atom. The number of halogens is 1. The smallest absolute Gasteiger partial charge is 0.256 e. The highest BCUT2D eigenvalue weighted by Crippen LogP contribution is 2.22. The maximum absolute atomic E-state index is 12.3. The van der Waals surface area contributed by atoms with Gasteiger partial charge in [0.1, 0.15) is 0 Å². The van der Waals surface area contributed by atoms with Gasteiger partial charge in [-0.25, -0.2) is 4.98 Å². The van der Waals surface area contributed by atoms with E-state index >= 15 is 0 Å². The maximum atomic E-state index is 12.3. The van der Waals surface area contributed by atoms with Gasteiger partial charge in [-0.05, 0) is 40.2 Å². The molecule has 0 saturated heterocycles. The molecule has 4 nitrogen and oxygen atoms in total. The quantitative estimate of drug-likeness (QED) is 0.753. The summed E-state index contributed by atoms with van der Waals surface area (Å²) in [6.07, 6.45) is 3.37. The van der Waals surface area contributed by atoms with Gasteiger partial charge in [-0.1, -0.05) is 24.3 Å². The third-order valence-electron chi connectivity index (χ3n) is 3.05. The van der Waals surface area contributed by atoms with Gasteiger partial charge in [0.25, 0.3) is 5.91 Å². The normalized spacial score (nSPS) is 10.3. The summed E-state index contributed by atoms with van der Waals surface area (Å²) in [4.78, 5) is 19.3. The summed E-state index contributed by atoms with van der Waals surface area (Å²) < 4.78 is 0.771. The van der Waals surface area contributed by atoms with Crippen LogP contribution in [-0.4, -0.2) is 15.9 Å². The standard InChI is InChI=1S/C16H12BrN3O/c17-14-7-2-1-6-13(14)16(21)20-12-5-3-4-11(8-12)15-9-18-10-19-15/h1-10H,(H,18,19)(H,20,21). The Kier molecular flexibility index (Phi) is 3.83. The lowest BCUT2D eigenvalue weighted by Crippen LogP contribution is -2.12. The summed E-state index contributed by atoms with van der Waals surface area (Å²) in [5, 5.41) is 2.90. The van der Waals surface area contributed by atoms with Gasteiger partial charge in [0.05, 0.1) is 23.8 Å². The largest absolute Gasteiger partial charge is 0.345 e. The van der Waals surface area contributed by atoms with Crippen LogP contribution in [0.2, 0.25) is 0 Å². The predicted molar refractivity (Wildman–Crippen MR) is 86.1 cm³/mol. The molecule has 21 heavy (non-hydrogen) atoms. The number of aromatic amines is 1. The fourth-order valence-corrected chi connectivity index (χ4v) is 2.49. The van der Waals surface area contributed by atoms with Gasteiger partial charge in [0.15, 0.2) is 0 Å². The number of nitrogens with zero attached hydrogens (tertiary/aromatic N) is 1. The number of anilines is 1. The van der Waals surface area contributed by atoms with Crippen molar-refractivity contribution in [3.63, 3.8) is 0 Å². The molecule has 104 valence electrons. The van der Waals surface area contributed by atoms with Crippen LogP contribution in [0, 0.1) is 0 Å². The Hall–Kier alpha value is -2.40. The summed E-state index contributed by atoms with van der Waals surface area (Å²) in [5.74, 6) is -0.149. The highest BCUT2D eigenvalue weighted by atomic mass is 79.9. The van der Waals surface area contributed by atoms with E-state index in [9.17, 15) is 4.79 Å². The third-order valence-corrected chi connectivity index (χ3v) is 3.74. The summed E-state index contributed by atoms with van der Waals surface area (Å²) in [7, 11) is 0. The Morgan fingerprint density at radius 1 is 1.14 bits per heavy atom. The van der Waals surface area contributed by atoms with Crippen LogP contribution < -0.4 is 5.32 Å². The number of hydrogen-bond acceptors (Lipinski definition) is 2. The van der Waals surface area contributed by atoms with Gasteiger partial charge in [-0.3, -0.25) is 4.79 Å². The molecule has 2 aromatic carbocycles. The topological polar surface area (TPSA) is 57.8 Å². The van der Waals surface area contributed by atoms with Crippen LogP contribution in [0.4, 0.5) is 5.69 Å². The number of rotatable bonds is 3. The minimum absolute atomic E-state index is 0.149. The molecule has 0 radical (unpaired) electrons. The molecule has 0 spiro atoms. The number of benzene rings is 2. The van der Waals surface area contributed by atoms with E-state index in [0.29, 0.717) is 5.56 Å². The van der Waals surface area contributed by atoms with Gasteiger partial charge in [-0.2, -0.15) is 0 Å². The number of carbonyl (C=O) groups is 1. The Balaban J connectivity index is 1.84. The highest BCUT2D eigenvalue weighted by molar-refractivity contribution is 9.10. The zero-order valence-corrected chi connectivity index (χ0v) is 12.6. The van der Waals surface area contributed by atoms with Crippen molar-refractivity contribution in [1.82, 2.24) is 9.97 Å². The van der Waals surface area contributed by atoms with Crippen molar-refractivity contribution in [3.05, 3.63) is 71.1 Å². The fraction of sp³-hybridized carbons (Fsp3) is 0. The highest BCUT2D eigenvalue weighted by Gasteiger charge is 2.10. The number of H-pyrrole nitrogens is 1. The van der Waals surface area contributed by atoms with Crippen molar-refractivity contribution < 1.29 is 4.79 Å². The van der Waals surface area contributed by atoms with Crippen LogP contribution in [-0.2, 0) is 0 Å². The van der Waals surface area contributed by atoms with E-state index in [1.54, 1.807) is 18.6 Å². The molecular weight excluding hydrogens is 330 g/mol. The van der Waals surface area contributed by atoms with Crippen molar-refractivity contribution in [2.24, 2.45) is 0 Å². The zero-order chi connectivity index (χ0) is 14.7. The van der Waals surface area contributed by atoms with E-state index < -0.39 is 0 Å². The average molecular weight is 342 g/mol. The van der Waals surface area contributed by atoms with Crippen molar-refractivity contribution >= 4 is 27.5 Å². The molecule has 0 bridgehead atoms. The molecule has 0 aliphatic rings. The molecule has 2 N–H and O–H groups in total. The summed E-state index contributed by atoms with van der Waals surface area (Å²) in [6.45, 7) is 0. The van der Waals surface area contributed by atoms with Crippen molar-refractivity contribution in [2.75, 3.05) is 5.32 Å². The SMILES string of the molecule is O=C(Nc1cccc(-c2cnc[nH]2)c1)c1ccccc1Br. The van der Waals surface area contributed by atoms with Gasteiger partial charge in [0.2, 0.25) is 0 Å². The summed E-state index contributed by atoms with van der Waals surface area (Å²) in [5.41, 5.74) is 3.22. The predicted octanol–water partition coefficient (Wildman–Crippen LogP) is 4.09. The fourth-order valence-electron chi connectivity index (χ4n) is 2.02. The molecule has 0 saturated carbocycles. The second-order valence-electron chi connectivity index (χ2n) is 4.48. The van der Waals surface area contributed by atoms with E-state index in [2.05, 4.69) is 31.2 Å². The molecule has 0 aliphatic heterocycles. The van der Waals surface area contributed by atoms with Crippen LogP contribution in [0.15, 0.2) is 65.5 Å². The Morgan fingerprint density at radius 3 is 2.76 bits per heavy atom. The minimum Gasteiger partial charge on any atom is -0.345 e. The van der Waals surface area contributed by atoms with Crippen molar-refractivity contribution in [1.29, 1.82) is 0 Å². The maximum Gasteiger partial charge on any atom is 0.256 e. The molecule has 1 heterocycles. The van der Waals surface area contributed by atoms with Crippen LogP contribution in [0.25, 0.3) is 11.3 Å². The lowest BCUT2D eigenvalue weighted by atomic mass is 10.1. The molecule has 0 fully saturated rings. The van der Waals surface area contributed by atoms with Crippen LogP contribution in [0.1, 0.15) is 10.4 Å². The van der Waals surface area contributed by atoms with E-state index in [1.807, 2.05) is 42.5 Å². The molecule has 0 unspecified atom stereocenters. The lowest BCUT2D eigenvalue weighted by Gasteiger charge is -2.08. The average Bonchev–Trinajstić information content (AvgIpc) is 3.02. The van der Waals surface area contributed by atoms with Gasteiger partial charge < -0.3 is 10.3 Å². The van der Waals surface area contributed by atoms with Crippen molar-refractivity contribution in [2.45, 2.75) is 0 Å². The number of aromatic nitrogens is 2. The lowest BCUT2D eigenvalue weighted by molar-refractivity contribution is 0.102. The summed E-state index contributed by atoms with van der Waals surface area (Å²) >= 11 is 3.38. The first-order valence-corrected chi connectivity index (χ1v) is 7.18. The number of amides is 1. The number of imidazole rings is 1. The van der Waals surface area contributed by atoms with E-state index in [-0.39, 0.29) is 5.91 Å². The number of carbonyl (C=O) groups excluding carboxylic acids is 1. The van der Waals surface area contributed by atoms with E-state index in [0.717, 1.165) is 21.4 Å². The molecule has 0 atom stereocenters. The Bertz CT molecular complexity index is 769. The molecule has 3 aromatic rings. The van der Waals surface area contributed by atoms with Crippen molar-refractivity contribution in [3.8, 4) is 11.3 Å². The molecule has 0 aliphatic carbocycles. The molecular formula is C16H12BrN3O. The first-order chi connectivity index (χ1) is 10.2. The summed E-state index contributed by atoms with van der Waals surface area (Å²) in [6, 6.07) is 14.9. The number of nitrogens with one attached hydrogen (secondary N) is 2. The molecule has 1 aromatic heterocycles.